The molecule has 0 aromatic heterocycles. The minimum atomic E-state index is -1.31. The summed E-state index contributed by atoms with van der Waals surface area (Å²) in [6, 6.07) is 13.6. The monoisotopic (exact) mass is 689 g/mol. The molecule has 6 aliphatic rings. The van der Waals surface area contributed by atoms with E-state index in [2.05, 4.69) is 10.6 Å². The predicted octanol–water partition coefficient (Wildman–Crippen LogP) is 1.80. The van der Waals surface area contributed by atoms with Crippen LogP contribution < -0.4 is 10.6 Å². The fourth-order valence-corrected chi connectivity index (χ4v) is 8.27. The smallest absolute Gasteiger partial charge is 0.327 e. The highest BCUT2D eigenvalue weighted by Crippen LogP contribution is 2.63. The topological polar surface area (TPSA) is 165 Å². The van der Waals surface area contributed by atoms with Gasteiger partial charge in [-0.2, -0.15) is 5.06 Å². The molecule has 0 radical (unpaired) electrons. The largest absolute Gasteiger partial charge is 0.499 e. The number of fused-ring (bicyclic) bond motifs is 4. The van der Waals surface area contributed by atoms with E-state index in [1.807, 2.05) is 30.3 Å². The van der Waals surface area contributed by atoms with Crippen molar-refractivity contribution >= 4 is 23.9 Å². The zero-order valence-corrected chi connectivity index (χ0v) is 27.7. The maximum atomic E-state index is 14.6. The summed E-state index contributed by atoms with van der Waals surface area (Å²) in [5.74, 6) is -1.39. The number of amides is 2. The van der Waals surface area contributed by atoms with Crippen molar-refractivity contribution in [3.8, 4) is 0 Å². The van der Waals surface area contributed by atoms with Gasteiger partial charge in [0.05, 0.1) is 26.0 Å². The molecule has 6 atom stereocenters. The number of benzene rings is 2. The van der Waals surface area contributed by atoms with Crippen LogP contribution in [0.25, 0.3) is 6.08 Å². The molecule has 3 saturated heterocycles. The lowest BCUT2D eigenvalue weighted by molar-refractivity contribution is -0.235. The Morgan fingerprint density at radius 3 is 2.44 bits per heavy atom. The number of carbonyl (C=O) groups is 3. The van der Waals surface area contributed by atoms with Gasteiger partial charge in [-0.05, 0) is 60.6 Å². The zero-order valence-electron chi connectivity index (χ0n) is 27.7. The molecule has 2 amide bonds. The Morgan fingerprint density at radius 1 is 0.960 bits per heavy atom. The molecule has 8 rings (SSSR count). The molecule has 0 spiro atoms. The molecule has 6 fully saturated rings. The molecule has 3 heterocycles. The maximum absolute atomic E-state index is 14.6. The van der Waals surface area contributed by atoms with Gasteiger partial charge in [-0.15, -0.1) is 0 Å². The second-order valence-corrected chi connectivity index (χ2v) is 14.2. The van der Waals surface area contributed by atoms with Gasteiger partial charge in [-0.1, -0.05) is 36.4 Å². The van der Waals surface area contributed by atoms with Crippen LogP contribution in [0.2, 0.25) is 0 Å². The average Bonchev–Trinajstić information content (AvgIpc) is 4.08. The van der Waals surface area contributed by atoms with Crippen molar-refractivity contribution in [1.82, 2.24) is 15.7 Å². The summed E-state index contributed by atoms with van der Waals surface area (Å²) >= 11 is 0. The van der Waals surface area contributed by atoms with Crippen LogP contribution in [0.3, 0.4) is 0 Å². The van der Waals surface area contributed by atoms with Crippen LogP contribution in [0, 0.1) is 17.3 Å². The first kappa shape index (κ1) is 33.3. The maximum Gasteiger partial charge on any atom is 0.327 e. The standard InChI is InChI=1S/C37H43N3O10/c41-14-13-38-33(43)25-3-1-2-24(18-25)20-39-35(45)36-19-28-29-30(49-37(48-29,26-8-9-26)27-10-11-27)32(36)50-40(31(36)34(44)47-28)21-23-6-4-22(5-7-23)12-16-46-17-15-42/h1-7,12,16,18,26-32,41-42H,8-11,13-15,17,19-21H2,(H,38,43)(H,39,45)/t28-,29+,30+,31+,32-,36+/m1/s1. The number of aliphatic hydroxyl groups is 2. The first-order valence-electron chi connectivity index (χ1n) is 17.6. The van der Waals surface area contributed by atoms with E-state index in [1.165, 1.54) is 6.26 Å². The molecule has 3 aliphatic carbocycles. The lowest BCUT2D eigenvalue weighted by atomic mass is 9.62. The molecule has 4 N–H and O–H groups in total. The highest BCUT2D eigenvalue weighted by Gasteiger charge is 2.78. The Labute approximate surface area is 289 Å². The fourth-order valence-electron chi connectivity index (χ4n) is 8.27. The highest BCUT2D eigenvalue weighted by molar-refractivity contribution is 5.95. The summed E-state index contributed by atoms with van der Waals surface area (Å²) < 4.78 is 25.1. The predicted molar refractivity (Wildman–Crippen MR) is 175 cm³/mol. The molecule has 13 nitrogen and oxygen atoms in total. The molecule has 13 heteroatoms. The number of carbonyl (C=O) groups excluding carboxylic acids is 3. The summed E-state index contributed by atoms with van der Waals surface area (Å²) in [5.41, 5.74) is 1.56. The van der Waals surface area contributed by atoms with Crippen molar-refractivity contribution in [2.75, 3.05) is 26.4 Å². The number of hydroxylamine groups is 2. The second-order valence-electron chi connectivity index (χ2n) is 14.2. The number of hydrogen-bond acceptors (Lipinski definition) is 11. The zero-order chi connectivity index (χ0) is 34.5. The van der Waals surface area contributed by atoms with E-state index in [1.54, 1.807) is 29.3 Å². The van der Waals surface area contributed by atoms with Crippen LogP contribution in [0.4, 0.5) is 0 Å². The van der Waals surface area contributed by atoms with Gasteiger partial charge in [0, 0.05) is 36.9 Å². The third kappa shape index (κ3) is 5.89. The Kier molecular flexibility index (Phi) is 8.90. The first-order valence-corrected chi connectivity index (χ1v) is 17.6. The fraction of sp³-hybridized carbons (Fsp3) is 0.541. The average molecular weight is 690 g/mol. The van der Waals surface area contributed by atoms with E-state index < -0.39 is 47.6 Å². The number of hydrogen-bond donors (Lipinski definition) is 4. The van der Waals surface area contributed by atoms with Gasteiger partial charge in [0.25, 0.3) is 5.91 Å². The molecule has 3 saturated carbocycles. The van der Waals surface area contributed by atoms with Gasteiger partial charge < -0.3 is 39.8 Å². The van der Waals surface area contributed by atoms with E-state index in [4.69, 9.17) is 34.0 Å². The van der Waals surface area contributed by atoms with Crippen LogP contribution >= 0.6 is 0 Å². The minimum absolute atomic E-state index is 0.0665. The summed E-state index contributed by atoms with van der Waals surface area (Å²) in [5, 5.41) is 25.3. The minimum Gasteiger partial charge on any atom is -0.499 e. The van der Waals surface area contributed by atoms with Gasteiger partial charge in [0.1, 0.15) is 36.4 Å². The van der Waals surface area contributed by atoms with E-state index in [-0.39, 0.29) is 69.5 Å². The third-order valence-electron chi connectivity index (χ3n) is 10.8. The van der Waals surface area contributed by atoms with Crippen molar-refractivity contribution < 1.29 is 48.4 Å². The summed E-state index contributed by atoms with van der Waals surface area (Å²) in [7, 11) is 0. The number of ether oxygens (including phenoxy) is 4. The summed E-state index contributed by atoms with van der Waals surface area (Å²) in [6.07, 6.45) is 5.02. The Hall–Kier alpha value is -3.85. The van der Waals surface area contributed by atoms with Gasteiger partial charge in [0.2, 0.25) is 5.91 Å². The van der Waals surface area contributed by atoms with Crippen LogP contribution in [0.5, 0.6) is 0 Å². The summed E-state index contributed by atoms with van der Waals surface area (Å²) in [6.45, 7) is 0.458. The molecule has 3 aliphatic heterocycles. The van der Waals surface area contributed by atoms with Crippen molar-refractivity contribution in [1.29, 1.82) is 0 Å². The molecule has 2 aromatic carbocycles. The number of nitrogens with zero attached hydrogens (tertiary/aromatic N) is 1. The van der Waals surface area contributed by atoms with Crippen LogP contribution in [-0.2, 0) is 46.5 Å². The molecule has 2 bridgehead atoms. The van der Waals surface area contributed by atoms with E-state index in [9.17, 15) is 14.4 Å². The quantitative estimate of drug-likeness (QED) is 0.130. The van der Waals surface area contributed by atoms with Crippen molar-refractivity contribution in [3.63, 3.8) is 0 Å². The van der Waals surface area contributed by atoms with E-state index in [0.29, 0.717) is 11.1 Å². The van der Waals surface area contributed by atoms with Crippen molar-refractivity contribution in [2.24, 2.45) is 17.3 Å². The molecule has 50 heavy (non-hydrogen) atoms. The van der Waals surface area contributed by atoms with Crippen LogP contribution in [0.15, 0.2) is 54.8 Å². The van der Waals surface area contributed by atoms with E-state index >= 15 is 0 Å². The number of nitrogens with one attached hydrogen (secondary N) is 2. The Morgan fingerprint density at radius 2 is 1.72 bits per heavy atom. The number of aliphatic hydroxyl groups excluding tert-OH is 2. The first-order chi connectivity index (χ1) is 24.4. The van der Waals surface area contributed by atoms with Gasteiger partial charge in [-0.3, -0.25) is 19.2 Å². The number of rotatable bonds is 14. The lowest BCUT2D eigenvalue weighted by Gasteiger charge is -2.48. The van der Waals surface area contributed by atoms with Crippen LogP contribution in [0.1, 0.15) is 59.2 Å². The molecular formula is C37H43N3O10. The molecular weight excluding hydrogens is 646 g/mol. The third-order valence-corrected chi connectivity index (χ3v) is 10.8. The normalized spacial score (nSPS) is 30.9. The lowest BCUT2D eigenvalue weighted by Crippen LogP contribution is -2.69. The molecule has 266 valence electrons. The second kappa shape index (κ2) is 13.4. The van der Waals surface area contributed by atoms with Crippen LogP contribution in [-0.4, -0.2) is 95.7 Å². The van der Waals surface area contributed by atoms with Crippen molar-refractivity contribution in [2.45, 2.75) is 81.4 Å². The SMILES string of the molecule is O=C(NCCO)c1cccc(CNC(=O)[C@@]23C[C@H]4OC(=O)[C@@H]2N(Cc2ccc(C=COCCO)cc2)O[C@@H]3[C@H]2OC(C3CC3)(C3CC3)O[C@H]24)c1. The Balaban J connectivity index is 1.07. The van der Waals surface area contributed by atoms with Gasteiger partial charge in [0.15, 0.2) is 11.8 Å². The van der Waals surface area contributed by atoms with Gasteiger partial charge in [-0.25, -0.2) is 0 Å². The van der Waals surface area contributed by atoms with E-state index in [0.717, 1.165) is 36.8 Å². The molecule has 2 aromatic rings. The molecule has 0 unspecified atom stereocenters. The highest BCUT2D eigenvalue weighted by atomic mass is 16.8. The Bertz CT molecular complexity index is 1630. The number of esters is 1. The van der Waals surface area contributed by atoms with Crippen molar-refractivity contribution in [3.05, 3.63) is 77.0 Å². The summed E-state index contributed by atoms with van der Waals surface area (Å²) in [4.78, 5) is 47.9. The van der Waals surface area contributed by atoms with Gasteiger partial charge >= 0.3 is 5.97 Å².